The van der Waals surface area contributed by atoms with Crippen LogP contribution in [-0.4, -0.2) is 56.4 Å². The van der Waals surface area contributed by atoms with Gasteiger partial charge in [0.15, 0.2) is 0 Å². The van der Waals surface area contributed by atoms with E-state index in [9.17, 15) is 4.79 Å². The first-order valence-corrected chi connectivity index (χ1v) is 7.72. The maximum Gasteiger partial charge on any atom is 0.326 e. The fourth-order valence-electron chi connectivity index (χ4n) is 3.41. The zero-order chi connectivity index (χ0) is 14.6. The van der Waals surface area contributed by atoms with Crippen molar-refractivity contribution in [2.75, 3.05) is 33.9 Å². The summed E-state index contributed by atoms with van der Waals surface area (Å²) >= 11 is 0. The molecule has 20 heavy (non-hydrogen) atoms. The van der Waals surface area contributed by atoms with Crippen molar-refractivity contribution in [1.82, 2.24) is 4.90 Å². The largest absolute Gasteiger partial charge is 0.468 e. The van der Waals surface area contributed by atoms with Gasteiger partial charge in [0.1, 0.15) is 5.54 Å². The molecule has 0 spiro atoms. The van der Waals surface area contributed by atoms with Gasteiger partial charge in [-0.05, 0) is 44.6 Å². The summed E-state index contributed by atoms with van der Waals surface area (Å²) in [6.07, 6.45) is 6.38. The Labute approximate surface area is 121 Å². The summed E-state index contributed by atoms with van der Waals surface area (Å²) in [4.78, 5) is 14.4. The van der Waals surface area contributed by atoms with E-state index < -0.39 is 5.54 Å². The van der Waals surface area contributed by atoms with Crippen LogP contribution in [0.1, 0.15) is 38.5 Å². The van der Waals surface area contributed by atoms with Gasteiger partial charge in [0.25, 0.3) is 0 Å². The zero-order valence-corrected chi connectivity index (χ0v) is 12.8. The molecule has 0 aromatic heterocycles. The summed E-state index contributed by atoms with van der Waals surface area (Å²) in [5, 5.41) is 0. The van der Waals surface area contributed by atoms with Crippen molar-refractivity contribution >= 4 is 5.97 Å². The maximum absolute atomic E-state index is 11.9. The highest BCUT2D eigenvalue weighted by atomic mass is 16.5. The van der Waals surface area contributed by atoms with Gasteiger partial charge >= 0.3 is 5.97 Å². The highest BCUT2D eigenvalue weighted by molar-refractivity contribution is 5.81. The topological polar surface area (TPSA) is 64.8 Å². The van der Waals surface area contributed by atoms with Crippen LogP contribution in [0.3, 0.4) is 0 Å². The number of hydrogen-bond acceptors (Lipinski definition) is 5. The van der Waals surface area contributed by atoms with E-state index in [1.807, 2.05) is 0 Å². The summed E-state index contributed by atoms with van der Waals surface area (Å²) in [6.45, 7) is 2.75. The lowest BCUT2D eigenvalue weighted by atomic mass is 9.85. The molecule has 0 radical (unpaired) electrons. The molecule has 2 saturated carbocycles. The molecule has 0 saturated heterocycles. The summed E-state index contributed by atoms with van der Waals surface area (Å²) in [6, 6.07) is 0.719. The average molecular weight is 284 g/mol. The van der Waals surface area contributed by atoms with E-state index in [1.165, 1.54) is 20.0 Å². The lowest BCUT2D eigenvalue weighted by Crippen LogP contribution is -2.52. The second-order valence-electron chi connectivity index (χ2n) is 6.17. The summed E-state index contributed by atoms with van der Waals surface area (Å²) < 4.78 is 10.1. The Balaban J connectivity index is 1.86. The van der Waals surface area contributed by atoms with Crippen molar-refractivity contribution in [2.45, 2.75) is 50.1 Å². The Morgan fingerprint density at radius 2 is 2.05 bits per heavy atom. The average Bonchev–Trinajstić information content (AvgIpc) is 3.22. The number of rotatable bonds is 8. The molecule has 2 atom stereocenters. The molecule has 5 nitrogen and oxygen atoms in total. The van der Waals surface area contributed by atoms with Crippen LogP contribution < -0.4 is 5.73 Å². The minimum Gasteiger partial charge on any atom is -0.468 e. The van der Waals surface area contributed by atoms with Crippen LogP contribution in [0, 0.1) is 5.92 Å². The molecule has 2 fully saturated rings. The summed E-state index contributed by atoms with van der Waals surface area (Å²) in [7, 11) is 3.17. The minimum atomic E-state index is -0.759. The fraction of sp³-hybridized carbons (Fsp3) is 0.933. The molecule has 0 aromatic rings. The molecule has 2 aliphatic carbocycles. The van der Waals surface area contributed by atoms with Crippen molar-refractivity contribution in [3.63, 3.8) is 0 Å². The fourth-order valence-corrected chi connectivity index (χ4v) is 3.41. The quantitative estimate of drug-likeness (QED) is 0.678. The van der Waals surface area contributed by atoms with E-state index in [-0.39, 0.29) is 11.9 Å². The van der Waals surface area contributed by atoms with Crippen LogP contribution in [0.15, 0.2) is 0 Å². The molecule has 0 aliphatic heterocycles. The molecule has 0 bridgehead atoms. The van der Waals surface area contributed by atoms with Crippen molar-refractivity contribution < 1.29 is 14.3 Å². The smallest absolute Gasteiger partial charge is 0.326 e. The zero-order valence-electron chi connectivity index (χ0n) is 12.8. The van der Waals surface area contributed by atoms with E-state index in [4.69, 9.17) is 15.2 Å². The molecule has 5 heteroatoms. The van der Waals surface area contributed by atoms with Gasteiger partial charge in [0.2, 0.25) is 0 Å². The SMILES string of the molecule is COCCN(CCC1CCCC1(N)C(=O)OC)C1CC1. The van der Waals surface area contributed by atoms with Crippen LogP contribution >= 0.6 is 0 Å². The summed E-state index contributed by atoms with van der Waals surface area (Å²) in [5.41, 5.74) is 5.56. The van der Waals surface area contributed by atoms with Crippen molar-refractivity contribution in [3.8, 4) is 0 Å². The van der Waals surface area contributed by atoms with Crippen molar-refractivity contribution in [1.29, 1.82) is 0 Å². The molecule has 0 amide bonds. The first kappa shape index (κ1) is 15.7. The van der Waals surface area contributed by atoms with Gasteiger partial charge < -0.3 is 15.2 Å². The second-order valence-corrected chi connectivity index (χ2v) is 6.17. The van der Waals surface area contributed by atoms with Gasteiger partial charge in [-0.1, -0.05) is 6.42 Å². The normalized spacial score (nSPS) is 29.9. The van der Waals surface area contributed by atoms with Crippen LogP contribution in [-0.2, 0) is 14.3 Å². The molecular weight excluding hydrogens is 256 g/mol. The standard InChI is InChI=1S/C15H28N2O3/c1-19-11-10-17(13-5-6-13)9-7-12-4-3-8-15(12,16)14(18)20-2/h12-13H,3-11,16H2,1-2H3. The first-order valence-electron chi connectivity index (χ1n) is 7.72. The molecule has 2 rings (SSSR count). The molecular formula is C15H28N2O3. The number of nitrogens with zero attached hydrogens (tertiary/aromatic N) is 1. The third kappa shape index (κ3) is 3.51. The van der Waals surface area contributed by atoms with Crippen LogP contribution in [0.2, 0.25) is 0 Å². The van der Waals surface area contributed by atoms with Gasteiger partial charge in [-0.2, -0.15) is 0 Å². The molecule has 2 unspecified atom stereocenters. The third-order valence-electron chi connectivity index (χ3n) is 4.85. The van der Waals surface area contributed by atoms with Gasteiger partial charge in [0.05, 0.1) is 13.7 Å². The molecule has 2 N–H and O–H groups in total. The number of methoxy groups -OCH3 is 2. The monoisotopic (exact) mass is 284 g/mol. The van der Waals surface area contributed by atoms with Crippen LogP contribution in [0.25, 0.3) is 0 Å². The molecule has 0 heterocycles. The Kier molecular flexibility index (Phi) is 5.41. The van der Waals surface area contributed by atoms with Crippen molar-refractivity contribution in [3.05, 3.63) is 0 Å². The Morgan fingerprint density at radius 3 is 2.65 bits per heavy atom. The van der Waals surface area contributed by atoms with Crippen LogP contribution in [0.5, 0.6) is 0 Å². The highest BCUT2D eigenvalue weighted by Gasteiger charge is 2.46. The van der Waals surface area contributed by atoms with E-state index in [2.05, 4.69) is 4.90 Å². The maximum atomic E-state index is 11.9. The van der Waals surface area contributed by atoms with E-state index in [1.54, 1.807) is 7.11 Å². The number of carbonyl (C=O) groups excluding carboxylic acids is 1. The number of nitrogens with two attached hydrogens (primary N) is 1. The van der Waals surface area contributed by atoms with Crippen molar-refractivity contribution in [2.24, 2.45) is 11.7 Å². The molecule has 2 aliphatic rings. The Hall–Kier alpha value is -0.650. The predicted molar refractivity (Wildman–Crippen MR) is 77.4 cm³/mol. The van der Waals surface area contributed by atoms with Gasteiger partial charge in [0, 0.05) is 19.7 Å². The first-order chi connectivity index (χ1) is 9.61. The van der Waals surface area contributed by atoms with Crippen LogP contribution in [0.4, 0.5) is 0 Å². The lowest BCUT2D eigenvalue weighted by molar-refractivity contribution is -0.148. The Morgan fingerprint density at radius 1 is 1.30 bits per heavy atom. The number of ether oxygens (including phenoxy) is 2. The van der Waals surface area contributed by atoms with Gasteiger partial charge in [-0.15, -0.1) is 0 Å². The number of esters is 1. The lowest BCUT2D eigenvalue weighted by Gasteiger charge is -2.30. The Bertz CT molecular complexity index is 333. The van der Waals surface area contributed by atoms with Gasteiger partial charge in [-0.25, -0.2) is 0 Å². The van der Waals surface area contributed by atoms with E-state index in [0.717, 1.165) is 51.4 Å². The third-order valence-corrected chi connectivity index (χ3v) is 4.85. The van der Waals surface area contributed by atoms with Gasteiger partial charge in [-0.3, -0.25) is 9.69 Å². The highest BCUT2D eigenvalue weighted by Crippen LogP contribution is 2.37. The summed E-state index contributed by atoms with van der Waals surface area (Å²) in [5.74, 6) is 0.00797. The minimum absolute atomic E-state index is 0.241. The predicted octanol–water partition coefficient (Wildman–Crippen LogP) is 1.16. The molecule has 116 valence electrons. The molecule has 0 aromatic carbocycles. The second kappa shape index (κ2) is 6.87. The van der Waals surface area contributed by atoms with E-state index >= 15 is 0 Å². The number of carbonyl (C=O) groups is 1. The van der Waals surface area contributed by atoms with E-state index in [0.29, 0.717) is 0 Å². The number of hydrogen-bond donors (Lipinski definition) is 1.